The maximum absolute atomic E-state index is 7.11. The number of ether oxygens (including phenoxy) is 1. The fourth-order valence-electron chi connectivity index (χ4n) is 11.4. The summed E-state index contributed by atoms with van der Waals surface area (Å²) in [7, 11) is -0.549. The van der Waals surface area contributed by atoms with Gasteiger partial charge < -0.3 is 4.74 Å². The van der Waals surface area contributed by atoms with E-state index in [9.17, 15) is 0 Å². The summed E-state index contributed by atoms with van der Waals surface area (Å²) >= 11 is 0. The van der Waals surface area contributed by atoms with Gasteiger partial charge in [-0.1, -0.05) is 96.5 Å². The molecule has 8 heterocycles. The van der Waals surface area contributed by atoms with E-state index >= 15 is 0 Å². The highest BCUT2D eigenvalue weighted by atomic mass is 28.3. The van der Waals surface area contributed by atoms with Gasteiger partial charge in [0.2, 0.25) is 17.3 Å². The third kappa shape index (κ3) is 2.23. The molecule has 8 aromatic rings. The summed E-state index contributed by atoms with van der Waals surface area (Å²) in [5.41, 5.74) is 15.9. The molecule has 1 atom stereocenters. The summed E-state index contributed by atoms with van der Waals surface area (Å²) < 4.78 is 15.1. The molecule has 0 aliphatic carbocycles. The highest BCUT2D eigenvalue weighted by Gasteiger charge is 2.75. The van der Waals surface area contributed by atoms with Crippen LogP contribution >= 0.6 is 0 Å². The second-order valence-corrected chi connectivity index (χ2v) is 18.3. The Labute approximate surface area is 288 Å². The number of aromatic nitrogens is 3. The predicted molar refractivity (Wildman–Crippen MR) is 200 cm³/mol. The highest BCUT2D eigenvalue weighted by Crippen LogP contribution is 2.57. The number of benzene rings is 6. The molecular formula is C43H26BN4OSi+3. The van der Waals surface area contributed by atoms with E-state index in [-0.39, 0.29) is 6.71 Å². The van der Waals surface area contributed by atoms with Crippen molar-refractivity contribution < 1.29 is 14.1 Å². The van der Waals surface area contributed by atoms with Gasteiger partial charge in [0.1, 0.15) is 10.3 Å². The van der Waals surface area contributed by atoms with E-state index < -0.39 is 8.07 Å². The van der Waals surface area contributed by atoms with Crippen molar-refractivity contribution in [2.75, 3.05) is 0 Å². The van der Waals surface area contributed by atoms with Crippen molar-refractivity contribution in [1.82, 2.24) is 9.27 Å². The molecule has 0 saturated heterocycles. The molecule has 6 aromatic carbocycles. The largest absolute Gasteiger partial charge is 0.444 e. The van der Waals surface area contributed by atoms with Crippen LogP contribution in [-0.2, 0) is 7.05 Å². The molecule has 0 fully saturated rings. The molecule has 0 amide bonds. The minimum Gasteiger partial charge on any atom is -0.444 e. The number of para-hydroxylation sites is 3. The summed E-state index contributed by atoms with van der Waals surface area (Å²) in [5, 5.41) is 6.05. The monoisotopic (exact) mass is 653 g/mol. The zero-order valence-corrected chi connectivity index (χ0v) is 28.1. The van der Waals surface area contributed by atoms with Gasteiger partial charge in [-0.2, -0.15) is 0 Å². The molecule has 228 valence electrons. The number of hydrogen-bond donors (Lipinski definition) is 0. The van der Waals surface area contributed by atoms with E-state index in [4.69, 9.17) is 4.74 Å². The van der Waals surface area contributed by atoms with E-state index in [0.29, 0.717) is 4.70 Å². The molecule has 5 nitrogen and oxygen atoms in total. The number of aryl methyl sites for hydroxylation is 1. The average Bonchev–Trinajstić information content (AvgIpc) is 3.86. The van der Waals surface area contributed by atoms with Crippen LogP contribution < -0.4 is 56.1 Å². The molecule has 1 unspecified atom stereocenters. The van der Waals surface area contributed by atoms with Crippen LogP contribution in [0.4, 0.5) is 11.4 Å². The van der Waals surface area contributed by atoms with Gasteiger partial charge in [0.25, 0.3) is 11.4 Å². The summed E-state index contributed by atoms with van der Waals surface area (Å²) in [4.78, 5) is 0. The van der Waals surface area contributed by atoms with Crippen molar-refractivity contribution in [1.29, 1.82) is 0 Å². The average molecular weight is 654 g/mol. The van der Waals surface area contributed by atoms with E-state index in [0.717, 1.165) is 11.5 Å². The van der Waals surface area contributed by atoms with Crippen LogP contribution in [0, 0.1) is 0 Å². The Bertz CT molecular complexity index is 2970. The maximum Gasteiger partial charge on any atom is 0.354 e. The minimum atomic E-state index is -2.77. The smallest absolute Gasteiger partial charge is 0.354 e. The van der Waals surface area contributed by atoms with Crippen molar-refractivity contribution in [3.63, 3.8) is 0 Å². The summed E-state index contributed by atoms with van der Waals surface area (Å²) in [6, 6.07) is 50.7. The molecule has 0 N–H and O–H groups in total. The van der Waals surface area contributed by atoms with Crippen molar-refractivity contribution in [3.05, 3.63) is 140 Å². The lowest BCUT2D eigenvalue weighted by Crippen LogP contribution is -2.96. The molecule has 2 aromatic heterocycles. The number of hydrogen-bond acceptors (Lipinski definition) is 1. The lowest BCUT2D eigenvalue weighted by Gasteiger charge is -2.42. The Hall–Kier alpha value is -6.02. The molecule has 2 spiro atoms. The first-order valence-corrected chi connectivity index (χ1v) is 19.5. The van der Waals surface area contributed by atoms with Gasteiger partial charge in [-0.3, -0.25) is 0 Å². The van der Waals surface area contributed by atoms with E-state index in [1.54, 1.807) is 5.19 Å². The van der Waals surface area contributed by atoms with Gasteiger partial charge >= 0.3 is 12.5 Å². The van der Waals surface area contributed by atoms with Crippen LogP contribution in [0.1, 0.15) is 0 Å². The summed E-state index contributed by atoms with van der Waals surface area (Å²) in [6.07, 6.45) is 2.33. The molecule has 0 radical (unpaired) electrons. The number of rotatable bonds is 0. The third-order valence-corrected chi connectivity index (χ3v) is 17.9. The first kappa shape index (κ1) is 25.0. The van der Waals surface area contributed by atoms with Crippen LogP contribution in [0.3, 0.4) is 0 Å². The minimum absolute atomic E-state index is 0.112. The summed E-state index contributed by atoms with van der Waals surface area (Å²) in [6.45, 7) is 0.112. The van der Waals surface area contributed by atoms with E-state index in [1.807, 2.05) is 0 Å². The van der Waals surface area contributed by atoms with Crippen LogP contribution in [0.2, 0.25) is 0 Å². The Morgan fingerprint density at radius 2 is 1.24 bits per heavy atom. The molecule has 50 heavy (non-hydrogen) atoms. The second-order valence-electron chi connectivity index (χ2n) is 14.6. The fourth-order valence-corrected chi connectivity index (χ4v) is 17.1. The van der Waals surface area contributed by atoms with Crippen LogP contribution in [0.25, 0.3) is 44.7 Å². The van der Waals surface area contributed by atoms with Gasteiger partial charge in [-0.25, -0.2) is 4.57 Å². The van der Waals surface area contributed by atoms with Crippen molar-refractivity contribution in [2.45, 2.75) is 0 Å². The van der Waals surface area contributed by atoms with Crippen LogP contribution in [0.5, 0.6) is 11.5 Å². The molecule has 0 saturated carbocycles. The lowest BCUT2D eigenvalue weighted by atomic mass is 9.39. The van der Waals surface area contributed by atoms with Crippen molar-refractivity contribution >= 4 is 74.5 Å². The third-order valence-electron chi connectivity index (χ3n) is 12.9. The topological polar surface area (TPSA) is 21.9 Å². The number of pyridine rings is 1. The van der Waals surface area contributed by atoms with Crippen molar-refractivity contribution in [3.8, 4) is 45.1 Å². The Kier molecular flexibility index (Phi) is 3.87. The second kappa shape index (κ2) is 7.73. The molecule has 6 aliphatic rings. The quantitative estimate of drug-likeness (QED) is 0.140. The Morgan fingerprint density at radius 3 is 2.10 bits per heavy atom. The zero-order valence-electron chi connectivity index (χ0n) is 27.1. The van der Waals surface area contributed by atoms with Gasteiger partial charge in [0, 0.05) is 26.4 Å². The normalized spacial score (nSPS) is 18.5. The van der Waals surface area contributed by atoms with Gasteiger partial charge in [0.05, 0.1) is 7.05 Å². The standard InChI is InChI=1S/C43H26BN4OSi/c1-45-30-16-4-5-17-31(30)47-43(45)29-14-8-18-32-40(29)48(47)41-33(49-32)22-23-37-39(41)44-38-27(28-15-10-24-46(48)42(28)44)13-9-21-36(38)50(37)34-19-6-2-11-25(34)26-12-3-7-20-35(26)50/h2-24H,1H3/q+3. The van der Waals surface area contributed by atoms with Crippen LogP contribution in [-0.4, -0.2) is 19.4 Å². The van der Waals surface area contributed by atoms with E-state index in [2.05, 4.69) is 161 Å². The molecule has 14 rings (SSSR count). The predicted octanol–water partition coefficient (Wildman–Crippen LogP) is 2.89. The number of fused-ring (bicyclic) bond motifs is 12. The lowest BCUT2D eigenvalue weighted by molar-refractivity contribution is -1.02. The number of quaternary nitrogens is 1. The van der Waals surface area contributed by atoms with Crippen molar-refractivity contribution in [2.24, 2.45) is 7.05 Å². The first-order chi connectivity index (χ1) is 24.8. The molecule has 7 heteroatoms. The molecule has 6 aliphatic heterocycles. The highest BCUT2D eigenvalue weighted by molar-refractivity contribution is 7.28. The molecular weight excluding hydrogens is 627 g/mol. The van der Waals surface area contributed by atoms with Gasteiger partial charge in [-0.15, -0.1) is 0 Å². The zero-order chi connectivity index (χ0) is 32.2. The summed E-state index contributed by atoms with van der Waals surface area (Å²) in [5.74, 6) is 3.06. The Balaban J connectivity index is 1.28. The SMILES string of the molecule is Cn1c2[n+](c3ccccc31)[N+]13c4c(cccc4-2)Oc2ccc4c(c21)B1c2c(cccc2[Si]42c4ccccc4-c4ccccc42)-c2ccc[n+]3c21. The number of imidazole rings is 1. The maximum atomic E-state index is 7.11. The molecule has 0 bridgehead atoms. The van der Waals surface area contributed by atoms with Crippen LogP contribution in [0.15, 0.2) is 140 Å². The van der Waals surface area contributed by atoms with Gasteiger partial charge in [0.15, 0.2) is 25.1 Å². The first-order valence-electron chi connectivity index (χ1n) is 17.5. The van der Waals surface area contributed by atoms with E-state index in [1.165, 1.54) is 88.1 Å². The van der Waals surface area contributed by atoms with Gasteiger partial charge in [-0.05, 0) is 73.8 Å². The Morgan fingerprint density at radius 1 is 0.580 bits per heavy atom. The number of nitrogens with zero attached hydrogens (tertiary/aromatic N) is 4. The fraction of sp³-hybridized carbons (Fsp3) is 0.0233.